The van der Waals surface area contributed by atoms with E-state index in [-0.39, 0.29) is 11.4 Å². The summed E-state index contributed by atoms with van der Waals surface area (Å²) < 4.78 is 1.93. The average Bonchev–Trinajstić information content (AvgIpc) is 2.90. The fraction of sp³-hybridized carbons (Fsp3) is 0.409. The third kappa shape index (κ3) is 3.35. The molecular formula is C22H25N3O. The van der Waals surface area contributed by atoms with Gasteiger partial charge < -0.3 is 0 Å². The molecule has 1 aliphatic rings. The second-order valence-corrected chi connectivity index (χ2v) is 7.77. The lowest BCUT2D eigenvalue weighted by molar-refractivity contribution is -0.123. The minimum absolute atomic E-state index is 0.0571. The highest BCUT2D eigenvalue weighted by Gasteiger charge is 2.31. The average molecular weight is 347 g/mol. The van der Waals surface area contributed by atoms with Crippen molar-refractivity contribution in [1.82, 2.24) is 9.78 Å². The molecule has 1 aliphatic carbocycles. The van der Waals surface area contributed by atoms with Gasteiger partial charge >= 0.3 is 0 Å². The molecule has 0 unspecified atom stereocenters. The van der Waals surface area contributed by atoms with Crippen LogP contribution in [0.25, 0.3) is 11.3 Å². The van der Waals surface area contributed by atoms with E-state index in [0.29, 0.717) is 6.42 Å². The van der Waals surface area contributed by atoms with Gasteiger partial charge in [-0.2, -0.15) is 10.4 Å². The first kappa shape index (κ1) is 18.1. The molecule has 0 atom stereocenters. The van der Waals surface area contributed by atoms with Crippen molar-refractivity contribution in [3.8, 4) is 17.3 Å². The van der Waals surface area contributed by atoms with Gasteiger partial charge in [0.05, 0.1) is 17.0 Å². The number of ketones is 1. The number of allylic oxidation sites excluding steroid dienone is 2. The summed E-state index contributed by atoms with van der Waals surface area (Å²) in [6.07, 6.45) is 4.81. The van der Waals surface area contributed by atoms with Crippen LogP contribution in [0, 0.1) is 23.7 Å². The maximum Gasteiger partial charge on any atom is 0.178 e. The maximum atomic E-state index is 12.6. The molecule has 4 heteroatoms. The molecule has 1 aromatic carbocycles. The summed E-state index contributed by atoms with van der Waals surface area (Å²) >= 11 is 0. The van der Waals surface area contributed by atoms with E-state index >= 15 is 0 Å². The Hall–Kier alpha value is -2.67. The summed E-state index contributed by atoms with van der Waals surface area (Å²) in [4.78, 5) is 12.6. The number of hydrogen-bond acceptors (Lipinski definition) is 3. The molecule has 0 fully saturated rings. The number of benzene rings is 1. The van der Waals surface area contributed by atoms with E-state index in [1.807, 2.05) is 25.6 Å². The molecule has 0 bridgehead atoms. The normalized spacial score (nSPS) is 17.2. The number of aryl methyl sites for hydroxylation is 2. The number of Topliss-reactive ketones (excluding diaryl/α,β-unsaturated/α-hetero) is 1. The van der Waals surface area contributed by atoms with Crippen LogP contribution in [0.15, 0.2) is 35.9 Å². The number of fused-ring (bicyclic) bond motifs is 1. The molecule has 134 valence electrons. The number of carbonyl (C=O) groups excluding carboxylic acids is 1. The fourth-order valence-electron chi connectivity index (χ4n) is 3.78. The number of hydrogen-bond donors (Lipinski definition) is 0. The predicted molar refractivity (Wildman–Crippen MR) is 103 cm³/mol. The minimum atomic E-state index is -0.509. The largest absolute Gasteiger partial charge is 0.293 e. The van der Waals surface area contributed by atoms with Crippen molar-refractivity contribution in [1.29, 1.82) is 5.26 Å². The van der Waals surface area contributed by atoms with Gasteiger partial charge in [0.15, 0.2) is 5.78 Å². The summed E-state index contributed by atoms with van der Waals surface area (Å²) in [6, 6.07) is 10.6. The number of nitriles is 1. The van der Waals surface area contributed by atoms with Crippen LogP contribution in [0.1, 0.15) is 43.5 Å². The van der Waals surface area contributed by atoms with Crippen molar-refractivity contribution in [3.05, 3.63) is 52.7 Å². The Labute approximate surface area is 155 Å². The summed E-state index contributed by atoms with van der Waals surface area (Å²) in [7, 11) is 1.97. The summed E-state index contributed by atoms with van der Waals surface area (Å²) in [5, 5.41) is 14.1. The van der Waals surface area contributed by atoms with Crippen LogP contribution < -0.4 is 0 Å². The Kier molecular flexibility index (Phi) is 4.82. The Morgan fingerprint density at radius 1 is 1.31 bits per heavy atom. The van der Waals surface area contributed by atoms with Gasteiger partial charge in [0, 0.05) is 30.0 Å². The molecule has 0 saturated heterocycles. The van der Waals surface area contributed by atoms with Crippen molar-refractivity contribution >= 4 is 5.78 Å². The summed E-state index contributed by atoms with van der Waals surface area (Å²) in [6.45, 7) is 5.97. The van der Waals surface area contributed by atoms with Gasteiger partial charge in [0.25, 0.3) is 0 Å². The first-order valence-corrected chi connectivity index (χ1v) is 9.10. The van der Waals surface area contributed by atoms with Crippen LogP contribution in [0.4, 0.5) is 0 Å². The third-order valence-electron chi connectivity index (χ3n) is 5.23. The van der Waals surface area contributed by atoms with Crippen molar-refractivity contribution in [2.24, 2.45) is 12.5 Å². The minimum Gasteiger partial charge on any atom is -0.293 e. The highest BCUT2D eigenvalue weighted by molar-refractivity contribution is 6.02. The smallest absolute Gasteiger partial charge is 0.178 e. The first-order chi connectivity index (χ1) is 12.3. The van der Waals surface area contributed by atoms with E-state index in [9.17, 15) is 10.1 Å². The molecule has 1 aromatic heterocycles. The van der Waals surface area contributed by atoms with Crippen LogP contribution in [0.5, 0.6) is 0 Å². The van der Waals surface area contributed by atoms with Crippen LogP contribution in [0.2, 0.25) is 0 Å². The molecule has 2 aromatic rings. The molecule has 0 N–H and O–H groups in total. The van der Waals surface area contributed by atoms with Crippen molar-refractivity contribution in [2.75, 3.05) is 0 Å². The molecule has 1 heterocycles. The molecule has 26 heavy (non-hydrogen) atoms. The van der Waals surface area contributed by atoms with Gasteiger partial charge in [0.1, 0.15) is 6.07 Å². The quantitative estimate of drug-likeness (QED) is 0.772. The van der Waals surface area contributed by atoms with Crippen LogP contribution in [0.3, 0.4) is 0 Å². The van der Waals surface area contributed by atoms with E-state index in [1.165, 1.54) is 11.1 Å². The Morgan fingerprint density at radius 3 is 2.77 bits per heavy atom. The molecule has 0 radical (unpaired) electrons. The van der Waals surface area contributed by atoms with Gasteiger partial charge in [-0.1, -0.05) is 43.7 Å². The highest BCUT2D eigenvalue weighted by Crippen LogP contribution is 2.33. The molecule has 0 amide bonds. The topological polar surface area (TPSA) is 58.7 Å². The van der Waals surface area contributed by atoms with E-state index in [1.54, 1.807) is 6.08 Å². The van der Waals surface area contributed by atoms with Crippen molar-refractivity contribution in [2.45, 2.75) is 46.5 Å². The molecular weight excluding hydrogens is 322 g/mol. The van der Waals surface area contributed by atoms with E-state index in [0.717, 1.165) is 36.2 Å². The van der Waals surface area contributed by atoms with Gasteiger partial charge in [0.2, 0.25) is 0 Å². The molecule has 3 rings (SSSR count). The predicted octanol–water partition coefficient (Wildman–Crippen LogP) is 4.32. The maximum absolute atomic E-state index is 12.6. The third-order valence-corrected chi connectivity index (χ3v) is 5.23. The van der Waals surface area contributed by atoms with Gasteiger partial charge in [-0.05, 0) is 32.3 Å². The van der Waals surface area contributed by atoms with E-state index in [2.05, 4.69) is 37.3 Å². The first-order valence-electron chi connectivity index (χ1n) is 9.10. The van der Waals surface area contributed by atoms with Crippen LogP contribution in [-0.2, 0) is 24.7 Å². The van der Waals surface area contributed by atoms with E-state index < -0.39 is 5.41 Å². The zero-order chi connectivity index (χ0) is 18.9. The van der Waals surface area contributed by atoms with Crippen LogP contribution >= 0.6 is 0 Å². The lowest BCUT2D eigenvalue weighted by atomic mass is 9.78. The summed E-state index contributed by atoms with van der Waals surface area (Å²) in [5.74, 6) is -0.0571. The Bertz CT molecular complexity index is 925. The summed E-state index contributed by atoms with van der Waals surface area (Å²) in [5.41, 5.74) is 5.46. The molecule has 0 aliphatic heterocycles. The second kappa shape index (κ2) is 6.92. The lowest BCUT2D eigenvalue weighted by Crippen LogP contribution is -2.26. The zero-order valence-electron chi connectivity index (χ0n) is 16.0. The van der Waals surface area contributed by atoms with Gasteiger partial charge in [-0.15, -0.1) is 0 Å². The van der Waals surface area contributed by atoms with Gasteiger partial charge in [-0.25, -0.2) is 0 Å². The van der Waals surface area contributed by atoms with Gasteiger partial charge in [-0.3, -0.25) is 9.48 Å². The second-order valence-electron chi connectivity index (χ2n) is 7.77. The molecule has 0 saturated carbocycles. The number of carbonyl (C=O) groups is 1. The van der Waals surface area contributed by atoms with Crippen molar-refractivity contribution < 1.29 is 4.79 Å². The number of rotatable bonds is 1. The van der Waals surface area contributed by atoms with E-state index in [4.69, 9.17) is 5.10 Å². The highest BCUT2D eigenvalue weighted by atomic mass is 16.1. The molecule has 0 spiro atoms. The fourth-order valence-corrected chi connectivity index (χ4v) is 3.78. The zero-order valence-corrected chi connectivity index (χ0v) is 16.0. The number of nitrogens with zero attached hydrogens (tertiary/aromatic N) is 3. The van der Waals surface area contributed by atoms with Crippen molar-refractivity contribution in [3.63, 3.8) is 0 Å². The Balaban J connectivity index is 2.11. The van der Waals surface area contributed by atoms with Crippen LogP contribution in [-0.4, -0.2) is 15.6 Å². The Morgan fingerprint density at radius 2 is 2.08 bits per heavy atom. The lowest BCUT2D eigenvalue weighted by Gasteiger charge is -2.23. The number of aromatic nitrogens is 2. The standard InChI is InChI=1S/C22H25N3O/c1-15-7-5-8-16(13-15)20-18-9-6-12-22(2,3)21(26)17(14-23)10-11-19(18)24-25(20)4/h5,7-8,10,13H,6,9,11-12H2,1-4H3. The SMILES string of the molecule is Cc1cccc(-c2c3c(nn2C)CC=C(C#N)C(=O)C(C)(C)CCC3)c1. The monoisotopic (exact) mass is 347 g/mol. The molecule has 4 nitrogen and oxygen atoms in total.